The van der Waals surface area contributed by atoms with Crippen molar-refractivity contribution in [2.45, 2.75) is 44.6 Å². The molecule has 4 rings (SSSR count). The van der Waals surface area contributed by atoms with Crippen molar-refractivity contribution in [1.82, 2.24) is 19.6 Å². The van der Waals surface area contributed by atoms with E-state index >= 15 is 0 Å². The maximum Gasteiger partial charge on any atom is 0.275 e. The maximum atomic E-state index is 13.4. The molecule has 2 aromatic rings. The molecule has 1 aromatic heterocycles. The van der Waals surface area contributed by atoms with Crippen LogP contribution in [0, 0.1) is 5.82 Å². The average molecular weight is 384 g/mol. The average Bonchev–Trinajstić information content (AvgIpc) is 3.33. The van der Waals surface area contributed by atoms with Crippen LogP contribution >= 0.6 is 0 Å². The monoisotopic (exact) mass is 384 g/mol. The summed E-state index contributed by atoms with van der Waals surface area (Å²) < 4.78 is 15.1. The second kappa shape index (κ2) is 7.37. The first-order valence-electron chi connectivity index (χ1n) is 9.86. The van der Waals surface area contributed by atoms with Gasteiger partial charge < -0.3 is 9.80 Å². The number of likely N-dealkylation sites (N-methyl/N-ethyl adjacent to an activating group) is 1. The van der Waals surface area contributed by atoms with Crippen LogP contribution in [0.15, 0.2) is 24.3 Å². The Morgan fingerprint density at radius 1 is 1.11 bits per heavy atom. The van der Waals surface area contributed by atoms with E-state index < -0.39 is 6.04 Å². The van der Waals surface area contributed by atoms with Gasteiger partial charge in [0.15, 0.2) is 5.69 Å². The van der Waals surface area contributed by atoms with Crippen LogP contribution in [0.4, 0.5) is 4.39 Å². The van der Waals surface area contributed by atoms with E-state index in [1.165, 1.54) is 12.1 Å². The summed E-state index contributed by atoms with van der Waals surface area (Å²) in [4.78, 5) is 29.1. The topological polar surface area (TPSA) is 58.4 Å². The first kappa shape index (κ1) is 18.7. The Labute approximate surface area is 163 Å². The van der Waals surface area contributed by atoms with Gasteiger partial charge in [-0.05, 0) is 62.8 Å². The van der Waals surface area contributed by atoms with E-state index in [4.69, 9.17) is 0 Å². The number of hydrogen-bond donors (Lipinski definition) is 0. The molecule has 2 amide bonds. The molecule has 2 aliphatic rings. The zero-order chi connectivity index (χ0) is 19.8. The largest absolute Gasteiger partial charge is 0.347 e. The molecule has 1 atom stereocenters. The van der Waals surface area contributed by atoms with Crippen LogP contribution in [0.5, 0.6) is 0 Å². The number of amides is 2. The lowest BCUT2D eigenvalue weighted by Gasteiger charge is -2.26. The Balaban J connectivity index is 1.72. The maximum absolute atomic E-state index is 13.4. The van der Waals surface area contributed by atoms with Gasteiger partial charge in [0.05, 0.1) is 5.69 Å². The molecular weight excluding hydrogens is 359 g/mol. The van der Waals surface area contributed by atoms with Crippen molar-refractivity contribution in [1.29, 1.82) is 0 Å². The minimum absolute atomic E-state index is 0.0438. The lowest BCUT2D eigenvalue weighted by atomic mass is 9.95. The lowest BCUT2D eigenvalue weighted by molar-refractivity contribution is -0.132. The fraction of sp³-hybridized carbons (Fsp3) is 0.476. The zero-order valence-corrected chi connectivity index (χ0v) is 16.3. The molecule has 6 nitrogen and oxygen atoms in total. The Morgan fingerprint density at radius 3 is 2.54 bits per heavy atom. The number of rotatable bonds is 3. The van der Waals surface area contributed by atoms with Gasteiger partial charge in [0.1, 0.15) is 11.9 Å². The van der Waals surface area contributed by atoms with Gasteiger partial charge in [0.25, 0.3) is 5.91 Å². The van der Waals surface area contributed by atoms with Crippen LogP contribution in [-0.2, 0) is 17.6 Å². The highest BCUT2D eigenvalue weighted by Gasteiger charge is 2.38. The quantitative estimate of drug-likeness (QED) is 0.817. The number of hydrogen-bond acceptors (Lipinski definition) is 3. The third-order valence-electron chi connectivity index (χ3n) is 5.69. The molecule has 1 fully saturated rings. The van der Waals surface area contributed by atoms with E-state index in [9.17, 15) is 14.0 Å². The highest BCUT2D eigenvalue weighted by molar-refractivity contribution is 5.98. The molecule has 0 radical (unpaired) electrons. The van der Waals surface area contributed by atoms with Crippen LogP contribution in [0.1, 0.15) is 47.4 Å². The van der Waals surface area contributed by atoms with E-state index in [2.05, 4.69) is 5.10 Å². The fourth-order valence-corrected chi connectivity index (χ4v) is 4.27. The molecular formula is C21H25FN4O2. The van der Waals surface area contributed by atoms with E-state index in [0.717, 1.165) is 49.0 Å². The molecule has 0 N–H and O–H groups in total. The van der Waals surface area contributed by atoms with Crippen LogP contribution in [0.3, 0.4) is 0 Å². The molecule has 7 heteroatoms. The minimum Gasteiger partial charge on any atom is -0.347 e. The van der Waals surface area contributed by atoms with Crippen molar-refractivity contribution in [3.63, 3.8) is 0 Å². The molecule has 28 heavy (non-hydrogen) atoms. The van der Waals surface area contributed by atoms with Gasteiger partial charge >= 0.3 is 0 Å². The van der Waals surface area contributed by atoms with E-state index in [0.29, 0.717) is 18.7 Å². The van der Waals surface area contributed by atoms with Crippen molar-refractivity contribution in [3.05, 3.63) is 47.0 Å². The summed E-state index contributed by atoms with van der Waals surface area (Å²) in [6, 6.07) is 5.75. The second-order valence-electron chi connectivity index (χ2n) is 7.76. The number of halogens is 1. The van der Waals surface area contributed by atoms with E-state index in [-0.39, 0.29) is 17.6 Å². The smallest absolute Gasteiger partial charge is 0.275 e. The molecule has 1 aromatic carbocycles. The number of benzene rings is 1. The summed E-state index contributed by atoms with van der Waals surface area (Å²) in [6.07, 6.45) is 5.20. The third-order valence-corrected chi connectivity index (χ3v) is 5.69. The summed E-state index contributed by atoms with van der Waals surface area (Å²) in [7, 11) is 3.43. The van der Waals surface area contributed by atoms with Gasteiger partial charge in [-0.15, -0.1) is 0 Å². The molecule has 2 heterocycles. The van der Waals surface area contributed by atoms with Gasteiger partial charge in [0.2, 0.25) is 5.91 Å². The molecule has 1 unspecified atom stereocenters. The van der Waals surface area contributed by atoms with Crippen molar-refractivity contribution in [3.8, 4) is 5.69 Å². The first-order valence-corrected chi connectivity index (χ1v) is 9.86. The summed E-state index contributed by atoms with van der Waals surface area (Å²) in [5.41, 5.74) is 3.19. The van der Waals surface area contributed by atoms with Crippen LogP contribution in [0.25, 0.3) is 5.69 Å². The number of aromatic nitrogens is 2. The predicted octanol–water partition coefficient (Wildman–Crippen LogP) is 2.58. The van der Waals surface area contributed by atoms with Crippen molar-refractivity contribution < 1.29 is 14.0 Å². The zero-order valence-electron chi connectivity index (χ0n) is 16.3. The first-order chi connectivity index (χ1) is 13.5. The number of carbonyl (C=O) groups is 2. The molecule has 0 spiro atoms. The van der Waals surface area contributed by atoms with E-state index in [1.807, 2.05) is 0 Å². The molecule has 1 saturated heterocycles. The van der Waals surface area contributed by atoms with Crippen LogP contribution < -0.4 is 0 Å². The molecule has 0 bridgehead atoms. The summed E-state index contributed by atoms with van der Waals surface area (Å²) in [5.74, 6) is -0.516. The summed E-state index contributed by atoms with van der Waals surface area (Å²) in [5, 5.41) is 4.65. The molecule has 148 valence electrons. The highest BCUT2D eigenvalue weighted by atomic mass is 19.1. The standard InChI is InChI=1S/C21H25FN4O2/c1-24(2)20(27)18-8-5-13-25(18)21(28)19-16-6-3-4-7-17(16)26(23-19)15-11-9-14(22)10-12-15/h9-12,18H,3-8,13H2,1-2H3. The van der Waals surface area contributed by atoms with E-state index in [1.54, 1.807) is 40.7 Å². The van der Waals surface area contributed by atoms with Crippen molar-refractivity contribution >= 4 is 11.8 Å². The molecule has 1 aliphatic carbocycles. The van der Waals surface area contributed by atoms with Crippen molar-refractivity contribution in [2.24, 2.45) is 0 Å². The number of fused-ring (bicyclic) bond motifs is 1. The number of likely N-dealkylation sites (tertiary alicyclic amines) is 1. The van der Waals surface area contributed by atoms with Gasteiger partial charge in [0, 0.05) is 31.9 Å². The minimum atomic E-state index is -0.419. The lowest BCUT2D eigenvalue weighted by Crippen LogP contribution is -2.45. The Bertz CT molecular complexity index is 904. The van der Waals surface area contributed by atoms with Gasteiger partial charge in [-0.3, -0.25) is 9.59 Å². The Morgan fingerprint density at radius 2 is 1.82 bits per heavy atom. The Kier molecular flexibility index (Phi) is 4.91. The number of carbonyl (C=O) groups excluding carboxylic acids is 2. The van der Waals surface area contributed by atoms with Crippen LogP contribution in [0.2, 0.25) is 0 Å². The van der Waals surface area contributed by atoms with Crippen LogP contribution in [-0.4, -0.2) is 58.1 Å². The van der Waals surface area contributed by atoms with Gasteiger partial charge in [-0.1, -0.05) is 0 Å². The summed E-state index contributed by atoms with van der Waals surface area (Å²) in [6.45, 7) is 0.571. The highest BCUT2D eigenvalue weighted by Crippen LogP contribution is 2.30. The summed E-state index contributed by atoms with van der Waals surface area (Å²) >= 11 is 0. The van der Waals surface area contributed by atoms with Crippen molar-refractivity contribution in [2.75, 3.05) is 20.6 Å². The van der Waals surface area contributed by atoms with Gasteiger partial charge in [-0.25, -0.2) is 9.07 Å². The molecule has 1 aliphatic heterocycles. The fourth-order valence-electron chi connectivity index (χ4n) is 4.27. The second-order valence-corrected chi connectivity index (χ2v) is 7.76. The Hall–Kier alpha value is -2.70. The normalized spacial score (nSPS) is 18.8. The SMILES string of the molecule is CN(C)C(=O)C1CCCN1C(=O)c1nn(-c2ccc(F)cc2)c2c1CCCC2. The predicted molar refractivity (Wildman–Crippen MR) is 103 cm³/mol. The number of nitrogens with zero attached hydrogens (tertiary/aromatic N) is 4. The third kappa shape index (κ3) is 3.19. The molecule has 0 saturated carbocycles. The van der Waals surface area contributed by atoms with Gasteiger partial charge in [-0.2, -0.15) is 5.10 Å².